The maximum Gasteiger partial charge on any atom is 0.0505 e. The van der Waals surface area contributed by atoms with Gasteiger partial charge in [0, 0.05) is 25.8 Å². The predicted molar refractivity (Wildman–Crippen MR) is 131 cm³/mol. The molecular weight excluding hydrogens is 474 g/mol. The van der Waals surface area contributed by atoms with E-state index in [0.717, 1.165) is 0 Å². The molecule has 0 aliphatic heterocycles. The van der Waals surface area contributed by atoms with Gasteiger partial charge >= 0.3 is 0 Å². The second kappa shape index (κ2) is 10.8. The third-order valence-corrected chi connectivity index (χ3v) is 6.86. The maximum absolute atomic E-state index is 3.71. The van der Waals surface area contributed by atoms with E-state index in [1.54, 1.807) is 0 Å². The van der Waals surface area contributed by atoms with Crippen LogP contribution < -0.4 is 0 Å². The summed E-state index contributed by atoms with van der Waals surface area (Å²) in [6.07, 6.45) is 13.2. The summed E-state index contributed by atoms with van der Waals surface area (Å²) in [5, 5.41) is 2.75. The summed E-state index contributed by atoms with van der Waals surface area (Å²) in [5.74, 6) is 0. The Bertz CT molecular complexity index is 825. The monoisotopic (exact) mass is 505 g/mol. The van der Waals surface area contributed by atoms with Crippen LogP contribution in [0.1, 0.15) is 84.1 Å². The van der Waals surface area contributed by atoms with Crippen molar-refractivity contribution in [1.29, 1.82) is 0 Å². The lowest BCUT2D eigenvalue weighted by Gasteiger charge is -2.22. The Morgan fingerprint density at radius 1 is 0.679 bits per heavy atom. The summed E-state index contributed by atoms with van der Waals surface area (Å²) in [6.45, 7) is 4.59. The molecule has 0 bridgehead atoms. The average Bonchev–Trinajstić information content (AvgIpc) is 2.99. The van der Waals surface area contributed by atoms with E-state index >= 15 is 0 Å². The highest BCUT2D eigenvalue weighted by atomic mass is 79.9. The van der Waals surface area contributed by atoms with Gasteiger partial charge < -0.3 is 4.57 Å². The molecule has 0 saturated heterocycles. The second-order valence-corrected chi connectivity index (χ2v) is 9.88. The third-order valence-electron chi connectivity index (χ3n) is 5.88. The molecule has 1 nitrogen and oxygen atoms in total. The van der Waals surface area contributed by atoms with Crippen LogP contribution >= 0.6 is 31.9 Å². The number of halogens is 2. The van der Waals surface area contributed by atoms with E-state index in [4.69, 9.17) is 0 Å². The van der Waals surface area contributed by atoms with Crippen molar-refractivity contribution in [3.8, 4) is 0 Å². The summed E-state index contributed by atoms with van der Waals surface area (Å²) in [6, 6.07) is 14.1. The van der Waals surface area contributed by atoms with Gasteiger partial charge in [0.25, 0.3) is 0 Å². The van der Waals surface area contributed by atoms with Gasteiger partial charge in [0.05, 0.1) is 11.0 Å². The van der Waals surface area contributed by atoms with Gasteiger partial charge in [0.2, 0.25) is 0 Å². The summed E-state index contributed by atoms with van der Waals surface area (Å²) in [7, 11) is 0. The number of benzene rings is 2. The maximum atomic E-state index is 3.71. The molecule has 0 N–H and O–H groups in total. The van der Waals surface area contributed by atoms with Gasteiger partial charge in [0.15, 0.2) is 0 Å². The molecule has 0 saturated carbocycles. The van der Waals surface area contributed by atoms with Gasteiger partial charge in [-0.25, -0.2) is 0 Å². The van der Waals surface area contributed by atoms with Crippen LogP contribution in [-0.2, 0) is 0 Å². The molecule has 0 radical (unpaired) electrons. The molecule has 3 aromatic rings. The van der Waals surface area contributed by atoms with E-state index in [1.807, 2.05) is 0 Å². The van der Waals surface area contributed by atoms with E-state index in [2.05, 4.69) is 86.7 Å². The van der Waals surface area contributed by atoms with Crippen molar-refractivity contribution in [3.63, 3.8) is 0 Å². The Labute approximate surface area is 187 Å². The van der Waals surface area contributed by atoms with Gasteiger partial charge in [-0.1, -0.05) is 109 Å². The number of hydrogen-bond donors (Lipinski definition) is 0. The fraction of sp³-hybridized carbons (Fsp3) is 0.520. The number of rotatable bonds is 11. The second-order valence-electron chi connectivity index (χ2n) is 8.05. The topological polar surface area (TPSA) is 4.93 Å². The van der Waals surface area contributed by atoms with Crippen LogP contribution in [0.15, 0.2) is 45.3 Å². The molecule has 1 aromatic heterocycles. The first kappa shape index (κ1) is 21.9. The Morgan fingerprint density at radius 2 is 1.14 bits per heavy atom. The molecule has 0 fully saturated rings. The Hall–Kier alpha value is -0.800. The molecule has 0 spiro atoms. The van der Waals surface area contributed by atoms with E-state index in [-0.39, 0.29) is 0 Å². The molecule has 0 unspecified atom stereocenters. The van der Waals surface area contributed by atoms with E-state index in [0.29, 0.717) is 6.04 Å². The zero-order valence-electron chi connectivity index (χ0n) is 17.3. The minimum atomic E-state index is 0.581. The van der Waals surface area contributed by atoms with Crippen molar-refractivity contribution >= 4 is 53.7 Å². The molecule has 3 heteroatoms. The first-order valence-electron chi connectivity index (χ1n) is 11.0. The molecule has 0 amide bonds. The zero-order valence-corrected chi connectivity index (χ0v) is 20.5. The van der Waals surface area contributed by atoms with Crippen molar-refractivity contribution in [3.05, 3.63) is 45.3 Å². The van der Waals surface area contributed by atoms with E-state index < -0.39 is 0 Å². The quantitative estimate of drug-likeness (QED) is 0.228. The Morgan fingerprint density at radius 3 is 1.57 bits per heavy atom. The van der Waals surface area contributed by atoms with Gasteiger partial charge in [-0.2, -0.15) is 0 Å². The fourth-order valence-corrected chi connectivity index (χ4v) is 5.10. The van der Waals surface area contributed by atoms with Crippen molar-refractivity contribution in [2.45, 2.75) is 84.1 Å². The standard InChI is InChI=1S/C25H33Br2N/c1-3-5-7-9-11-21(12-10-8-6-4-2)28-24-17-19(26)13-15-22(24)23-16-14-20(27)18-25(23)28/h13-18,21H,3-12H2,1-2H3. The summed E-state index contributed by atoms with van der Waals surface area (Å²) in [4.78, 5) is 0. The lowest BCUT2D eigenvalue weighted by atomic mass is 10.0. The largest absolute Gasteiger partial charge is 0.337 e. The number of nitrogens with zero attached hydrogens (tertiary/aromatic N) is 1. The minimum Gasteiger partial charge on any atom is -0.337 e. The highest BCUT2D eigenvalue weighted by Gasteiger charge is 2.18. The van der Waals surface area contributed by atoms with Gasteiger partial charge in [-0.3, -0.25) is 0 Å². The van der Waals surface area contributed by atoms with Crippen LogP contribution in [0.5, 0.6) is 0 Å². The van der Waals surface area contributed by atoms with E-state index in [1.165, 1.54) is 95.0 Å². The highest BCUT2D eigenvalue weighted by molar-refractivity contribution is 9.10. The molecule has 1 heterocycles. The molecule has 2 aromatic carbocycles. The number of hydrogen-bond acceptors (Lipinski definition) is 0. The van der Waals surface area contributed by atoms with Crippen LogP contribution in [0.2, 0.25) is 0 Å². The Kier molecular flexibility index (Phi) is 8.47. The van der Waals surface area contributed by atoms with Crippen molar-refractivity contribution < 1.29 is 0 Å². The van der Waals surface area contributed by atoms with Crippen LogP contribution in [-0.4, -0.2) is 4.57 Å². The molecule has 28 heavy (non-hydrogen) atoms. The van der Waals surface area contributed by atoms with Crippen LogP contribution in [0.25, 0.3) is 21.8 Å². The lowest BCUT2D eigenvalue weighted by molar-refractivity contribution is 0.413. The number of unbranched alkanes of at least 4 members (excludes halogenated alkanes) is 6. The molecule has 0 aliphatic carbocycles. The first-order chi connectivity index (χ1) is 13.7. The Balaban J connectivity index is 2.01. The first-order valence-corrected chi connectivity index (χ1v) is 12.6. The zero-order chi connectivity index (χ0) is 19.9. The fourth-order valence-electron chi connectivity index (χ4n) is 4.40. The SMILES string of the molecule is CCCCCCC(CCCCCC)n1c2cc(Br)ccc2c2ccc(Br)cc21. The molecule has 0 atom stereocenters. The summed E-state index contributed by atoms with van der Waals surface area (Å²) in [5.41, 5.74) is 2.75. The third kappa shape index (κ3) is 5.21. The van der Waals surface area contributed by atoms with Crippen molar-refractivity contribution in [1.82, 2.24) is 4.57 Å². The predicted octanol–water partition coefficient (Wildman–Crippen LogP) is 9.80. The minimum absolute atomic E-state index is 0.581. The highest BCUT2D eigenvalue weighted by Crippen LogP contribution is 2.38. The smallest absolute Gasteiger partial charge is 0.0505 e. The normalized spacial score (nSPS) is 11.9. The number of aromatic nitrogens is 1. The molecule has 152 valence electrons. The molecular formula is C25H33Br2N. The van der Waals surface area contributed by atoms with Crippen LogP contribution in [0, 0.1) is 0 Å². The number of fused-ring (bicyclic) bond motifs is 3. The molecule has 0 aliphatic rings. The van der Waals surface area contributed by atoms with Gasteiger partial charge in [-0.15, -0.1) is 0 Å². The van der Waals surface area contributed by atoms with Gasteiger partial charge in [-0.05, 0) is 37.1 Å². The van der Waals surface area contributed by atoms with Crippen LogP contribution in [0.3, 0.4) is 0 Å². The average molecular weight is 507 g/mol. The molecule has 3 rings (SSSR count). The van der Waals surface area contributed by atoms with Crippen LogP contribution in [0.4, 0.5) is 0 Å². The summed E-state index contributed by atoms with van der Waals surface area (Å²) < 4.78 is 4.98. The van der Waals surface area contributed by atoms with Gasteiger partial charge in [0.1, 0.15) is 0 Å². The summed E-state index contributed by atoms with van der Waals surface area (Å²) >= 11 is 7.42. The van der Waals surface area contributed by atoms with E-state index in [9.17, 15) is 0 Å². The van der Waals surface area contributed by atoms with Crippen molar-refractivity contribution in [2.75, 3.05) is 0 Å². The van der Waals surface area contributed by atoms with Crippen molar-refractivity contribution in [2.24, 2.45) is 0 Å². The lowest BCUT2D eigenvalue weighted by Crippen LogP contribution is -2.09.